The molecule has 0 heterocycles. The monoisotopic (exact) mass is 330 g/mol. The van der Waals surface area contributed by atoms with Crippen LogP contribution in [-0.2, 0) is 4.79 Å². The van der Waals surface area contributed by atoms with Crippen molar-refractivity contribution < 1.29 is 4.79 Å². The normalized spacial score (nSPS) is 35.3. The fourth-order valence-corrected chi connectivity index (χ4v) is 5.36. The van der Waals surface area contributed by atoms with Crippen LogP contribution in [0.4, 0.5) is 0 Å². The lowest BCUT2D eigenvalue weighted by atomic mass is 9.49. The number of carbonyl (C=O) groups excluding carboxylic acids is 1. The minimum Gasteiger partial charge on any atom is -0.332 e. The molecule has 4 bridgehead atoms. The van der Waals surface area contributed by atoms with Crippen LogP contribution in [0.2, 0.25) is 0 Å². The van der Waals surface area contributed by atoms with E-state index in [0.717, 1.165) is 42.7 Å². The number of amides is 1. The molecule has 124 valence electrons. The third kappa shape index (κ3) is 3.42. The van der Waals surface area contributed by atoms with E-state index in [9.17, 15) is 4.79 Å². The molecule has 4 aliphatic carbocycles. The summed E-state index contributed by atoms with van der Waals surface area (Å²) in [7, 11) is 0. The van der Waals surface area contributed by atoms with Gasteiger partial charge in [0.2, 0.25) is 5.91 Å². The van der Waals surface area contributed by atoms with Gasteiger partial charge in [0.25, 0.3) is 0 Å². The van der Waals surface area contributed by atoms with Crippen LogP contribution in [0.5, 0.6) is 0 Å². The van der Waals surface area contributed by atoms with Crippen LogP contribution in [0.1, 0.15) is 45.4 Å². The molecular weight excluding hydrogens is 304 g/mol. The molecule has 23 heavy (non-hydrogen) atoms. The zero-order chi connectivity index (χ0) is 16.4. The number of nitrogens with one attached hydrogen (secondary N) is 2. The number of rotatable bonds is 4. The number of hydrogen-bond acceptors (Lipinski definition) is 2. The Bertz CT molecular complexity index is 541. The lowest BCUT2D eigenvalue weighted by molar-refractivity contribution is -0.144. The zero-order valence-corrected chi connectivity index (χ0v) is 14.6. The van der Waals surface area contributed by atoms with Crippen molar-refractivity contribution in [2.75, 3.05) is 0 Å². The smallest absolute Gasteiger partial charge is 0.232 e. The topological polar surface area (TPSA) is 41.1 Å². The maximum Gasteiger partial charge on any atom is 0.232 e. The molecule has 4 rings (SSSR count). The van der Waals surface area contributed by atoms with Crippen molar-refractivity contribution in [2.24, 2.45) is 23.2 Å². The maximum absolute atomic E-state index is 12.9. The van der Waals surface area contributed by atoms with Crippen LogP contribution in [0.3, 0.4) is 0 Å². The summed E-state index contributed by atoms with van der Waals surface area (Å²) in [6.07, 6.45) is 14.6. The van der Waals surface area contributed by atoms with Crippen molar-refractivity contribution >= 4 is 23.2 Å². The number of carbonyl (C=O) groups is 1. The van der Waals surface area contributed by atoms with E-state index < -0.39 is 0 Å². The van der Waals surface area contributed by atoms with Crippen molar-refractivity contribution in [3.63, 3.8) is 0 Å². The highest BCUT2D eigenvalue weighted by Gasteiger charge is 2.54. The van der Waals surface area contributed by atoms with Crippen molar-refractivity contribution in [3.05, 3.63) is 36.6 Å². The van der Waals surface area contributed by atoms with Crippen LogP contribution in [0.15, 0.2) is 36.6 Å². The predicted molar refractivity (Wildman–Crippen MR) is 97.6 cm³/mol. The molecule has 0 aromatic heterocycles. The highest BCUT2D eigenvalue weighted by atomic mass is 32.1. The van der Waals surface area contributed by atoms with Crippen LogP contribution in [0.25, 0.3) is 0 Å². The Morgan fingerprint density at radius 3 is 2.17 bits per heavy atom. The molecule has 0 aromatic carbocycles. The van der Waals surface area contributed by atoms with Crippen LogP contribution < -0.4 is 10.6 Å². The summed E-state index contributed by atoms with van der Waals surface area (Å²) in [5, 5.41) is 6.38. The standard InChI is InChI=1S/C19H26N2OS/c1-3-5-6-16(4-2)20-18(23)21-17(22)19-10-13-7-14(11-19)9-15(8-13)12-19/h3-6,13-15H,2,7-12H2,1H3,(H2,20,21,22,23)/b5-3-,16-6+. The lowest BCUT2D eigenvalue weighted by Gasteiger charge is -2.55. The Balaban J connectivity index is 1.63. The first-order valence-electron chi connectivity index (χ1n) is 8.62. The molecule has 0 aromatic rings. The van der Waals surface area contributed by atoms with Gasteiger partial charge in [-0.2, -0.15) is 0 Å². The highest BCUT2D eigenvalue weighted by Crippen LogP contribution is 2.60. The van der Waals surface area contributed by atoms with Crippen LogP contribution in [-0.4, -0.2) is 11.0 Å². The van der Waals surface area contributed by atoms with Gasteiger partial charge < -0.3 is 10.6 Å². The average Bonchev–Trinajstić information content (AvgIpc) is 2.50. The second-order valence-electron chi connectivity index (χ2n) is 7.46. The lowest BCUT2D eigenvalue weighted by Crippen LogP contribution is -2.55. The largest absolute Gasteiger partial charge is 0.332 e. The molecule has 4 aliphatic rings. The molecule has 4 heteroatoms. The predicted octanol–water partition coefficient (Wildman–Crippen LogP) is 3.84. The van der Waals surface area contributed by atoms with Gasteiger partial charge in [-0.25, -0.2) is 0 Å². The molecule has 0 unspecified atom stereocenters. The van der Waals surface area contributed by atoms with E-state index in [-0.39, 0.29) is 11.3 Å². The number of thiocarbonyl (C=S) groups is 1. The fraction of sp³-hybridized carbons (Fsp3) is 0.579. The second kappa shape index (κ2) is 6.60. The molecular formula is C19H26N2OS. The molecule has 3 nitrogen and oxygen atoms in total. The third-order valence-corrected chi connectivity index (χ3v) is 5.90. The summed E-state index contributed by atoms with van der Waals surface area (Å²) in [5.74, 6) is 2.40. The summed E-state index contributed by atoms with van der Waals surface area (Å²) < 4.78 is 0. The molecule has 0 saturated heterocycles. The van der Waals surface area contributed by atoms with Crippen molar-refractivity contribution in [1.82, 2.24) is 10.6 Å². The Labute approximate surface area is 144 Å². The van der Waals surface area contributed by atoms with Gasteiger partial charge in [0.1, 0.15) is 0 Å². The second-order valence-corrected chi connectivity index (χ2v) is 7.87. The maximum atomic E-state index is 12.9. The molecule has 4 fully saturated rings. The van der Waals surface area contributed by atoms with E-state index in [0.29, 0.717) is 5.11 Å². The van der Waals surface area contributed by atoms with E-state index in [4.69, 9.17) is 12.2 Å². The first-order chi connectivity index (χ1) is 11.0. The SMILES string of the molecule is C=C/C(=C\C=C/C)NC(=S)NC(=O)C12CC3CC(CC(C3)C1)C2. The molecule has 0 aliphatic heterocycles. The summed E-state index contributed by atoms with van der Waals surface area (Å²) in [6, 6.07) is 0. The van der Waals surface area contributed by atoms with Gasteiger partial charge in [0, 0.05) is 5.70 Å². The summed E-state index contributed by atoms with van der Waals surface area (Å²) >= 11 is 5.32. The van der Waals surface area contributed by atoms with E-state index in [2.05, 4.69) is 17.2 Å². The minimum absolute atomic E-state index is 0.128. The average molecular weight is 330 g/mol. The molecule has 0 atom stereocenters. The first kappa shape index (κ1) is 16.4. The Hall–Kier alpha value is -1.42. The van der Waals surface area contributed by atoms with Gasteiger partial charge in [-0.1, -0.05) is 18.7 Å². The molecule has 0 spiro atoms. The zero-order valence-electron chi connectivity index (χ0n) is 13.8. The van der Waals surface area contributed by atoms with Crippen molar-refractivity contribution in [1.29, 1.82) is 0 Å². The van der Waals surface area contributed by atoms with Gasteiger partial charge in [-0.15, -0.1) is 0 Å². The Kier molecular flexibility index (Phi) is 4.72. The Morgan fingerprint density at radius 2 is 1.70 bits per heavy atom. The van der Waals surface area contributed by atoms with Gasteiger partial charge >= 0.3 is 0 Å². The van der Waals surface area contributed by atoms with Crippen LogP contribution >= 0.6 is 12.2 Å². The van der Waals surface area contributed by atoms with Gasteiger partial charge in [-0.05, 0) is 87.6 Å². The van der Waals surface area contributed by atoms with Gasteiger partial charge in [0.05, 0.1) is 5.41 Å². The first-order valence-corrected chi connectivity index (χ1v) is 9.03. The van der Waals surface area contributed by atoms with Gasteiger partial charge in [-0.3, -0.25) is 4.79 Å². The summed E-state index contributed by atoms with van der Waals surface area (Å²) in [4.78, 5) is 12.9. The minimum atomic E-state index is -0.165. The van der Waals surface area contributed by atoms with Crippen LogP contribution in [0, 0.1) is 23.2 Å². The molecule has 2 N–H and O–H groups in total. The molecule has 1 amide bonds. The highest BCUT2D eigenvalue weighted by molar-refractivity contribution is 7.80. The Morgan fingerprint density at radius 1 is 1.13 bits per heavy atom. The number of allylic oxidation sites excluding steroid dienone is 4. The van der Waals surface area contributed by atoms with E-state index in [1.165, 1.54) is 19.3 Å². The van der Waals surface area contributed by atoms with Crippen molar-refractivity contribution in [3.8, 4) is 0 Å². The third-order valence-electron chi connectivity index (χ3n) is 5.69. The van der Waals surface area contributed by atoms with E-state index in [1.807, 2.05) is 25.2 Å². The van der Waals surface area contributed by atoms with E-state index in [1.54, 1.807) is 6.08 Å². The number of hydrogen-bond donors (Lipinski definition) is 2. The van der Waals surface area contributed by atoms with Gasteiger partial charge in [0.15, 0.2) is 5.11 Å². The summed E-state index contributed by atoms with van der Waals surface area (Å²) in [6.45, 7) is 5.71. The molecule has 0 radical (unpaired) electrons. The fourth-order valence-electron chi connectivity index (χ4n) is 5.15. The quantitative estimate of drug-likeness (QED) is 0.608. The summed E-state index contributed by atoms with van der Waals surface area (Å²) in [5.41, 5.74) is 0.626. The van der Waals surface area contributed by atoms with E-state index >= 15 is 0 Å². The van der Waals surface area contributed by atoms with Crippen molar-refractivity contribution in [2.45, 2.75) is 45.4 Å². The molecule has 4 saturated carbocycles.